The highest BCUT2D eigenvalue weighted by Crippen LogP contribution is 2.28. The summed E-state index contributed by atoms with van der Waals surface area (Å²) < 4.78 is 5.43. The fraction of sp³-hybridized carbons (Fsp3) is 0.636. The van der Waals surface area contributed by atoms with E-state index in [1.165, 1.54) is 0 Å². The Hall–Kier alpha value is -0.920. The second kappa shape index (κ2) is 5.16. The van der Waals surface area contributed by atoms with Crippen molar-refractivity contribution in [2.45, 2.75) is 24.4 Å². The summed E-state index contributed by atoms with van der Waals surface area (Å²) in [6.07, 6.45) is 2.11. The zero-order valence-electron chi connectivity index (χ0n) is 9.44. The maximum atomic E-state index is 9.86. The van der Waals surface area contributed by atoms with Gasteiger partial charge in [0.2, 0.25) is 0 Å². The molecule has 0 aromatic heterocycles. The largest absolute Gasteiger partial charge is 0.394 e. The lowest BCUT2D eigenvalue weighted by Crippen LogP contribution is -2.35. The summed E-state index contributed by atoms with van der Waals surface area (Å²) in [4.78, 5) is 1.87. The van der Waals surface area contributed by atoms with E-state index in [1.54, 1.807) is 6.20 Å². The highest BCUT2D eigenvalue weighted by atomic mass is 16.6. The second-order valence-electron chi connectivity index (χ2n) is 4.24. The molecule has 0 aromatic rings. The summed E-state index contributed by atoms with van der Waals surface area (Å²) in [6, 6.07) is 0. The summed E-state index contributed by atoms with van der Waals surface area (Å²) in [5, 5.41) is 28.5. The Kier molecular flexibility index (Phi) is 3.80. The summed E-state index contributed by atoms with van der Waals surface area (Å²) >= 11 is 0. The molecule has 1 fully saturated rings. The van der Waals surface area contributed by atoms with Crippen LogP contribution < -0.4 is 5.73 Å². The molecule has 6 nitrogen and oxygen atoms in total. The first kappa shape index (κ1) is 12.5. The predicted molar refractivity (Wildman–Crippen MR) is 60.7 cm³/mol. The Bertz CT molecular complexity index is 331. The van der Waals surface area contributed by atoms with Crippen molar-refractivity contribution in [1.82, 2.24) is 4.90 Å². The molecule has 2 rings (SSSR count). The van der Waals surface area contributed by atoms with Crippen molar-refractivity contribution in [2.24, 2.45) is 5.73 Å². The van der Waals surface area contributed by atoms with E-state index in [1.807, 2.05) is 17.1 Å². The summed E-state index contributed by atoms with van der Waals surface area (Å²) in [6.45, 7) is 0.782. The third kappa shape index (κ3) is 2.36. The fourth-order valence-corrected chi connectivity index (χ4v) is 2.10. The van der Waals surface area contributed by atoms with Gasteiger partial charge in [0.1, 0.15) is 24.4 Å². The van der Waals surface area contributed by atoms with Crippen LogP contribution in [0.2, 0.25) is 0 Å². The van der Waals surface area contributed by atoms with Crippen LogP contribution in [0.15, 0.2) is 23.9 Å². The second-order valence-corrected chi connectivity index (χ2v) is 4.24. The molecular weight excluding hydrogens is 224 g/mol. The van der Waals surface area contributed by atoms with E-state index >= 15 is 0 Å². The van der Waals surface area contributed by atoms with Crippen LogP contribution in [0.1, 0.15) is 0 Å². The van der Waals surface area contributed by atoms with E-state index in [9.17, 15) is 10.2 Å². The first-order valence-electron chi connectivity index (χ1n) is 5.62. The van der Waals surface area contributed by atoms with Gasteiger partial charge in [-0.05, 0) is 5.57 Å². The highest BCUT2D eigenvalue weighted by molar-refractivity contribution is 5.29. The van der Waals surface area contributed by atoms with Crippen LogP contribution in [0.3, 0.4) is 0 Å². The number of nitrogens with zero attached hydrogens (tertiary/aromatic N) is 1. The lowest BCUT2D eigenvalue weighted by molar-refractivity contribution is -0.0136. The maximum absolute atomic E-state index is 9.86. The van der Waals surface area contributed by atoms with E-state index in [2.05, 4.69) is 0 Å². The van der Waals surface area contributed by atoms with E-state index in [0.29, 0.717) is 6.67 Å². The number of aliphatic hydroxyl groups is 3. The van der Waals surface area contributed by atoms with E-state index in [-0.39, 0.29) is 6.61 Å². The minimum atomic E-state index is -1.06. The number of hydrogen-bond donors (Lipinski definition) is 4. The molecule has 4 atom stereocenters. The van der Waals surface area contributed by atoms with Gasteiger partial charge >= 0.3 is 0 Å². The Morgan fingerprint density at radius 3 is 2.76 bits per heavy atom. The van der Waals surface area contributed by atoms with Crippen molar-refractivity contribution >= 4 is 0 Å². The van der Waals surface area contributed by atoms with Gasteiger partial charge in [0, 0.05) is 12.7 Å². The third-order valence-corrected chi connectivity index (χ3v) is 3.09. The lowest BCUT2D eigenvalue weighted by atomic mass is 10.0. The molecule has 2 heterocycles. The smallest absolute Gasteiger partial charge is 0.113 e. The van der Waals surface area contributed by atoms with Crippen LogP contribution in [0.25, 0.3) is 0 Å². The Labute approximate surface area is 99.6 Å². The van der Waals surface area contributed by atoms with Crippen molar-refractivity contribution in [2.75, 3.05) is 19.8 Å². The van der Waals surface area contributed by atoms with Crippen molar-refractivity contribution in [1.29, 1.82) is 0 Å². The van der Waals surface area contributed by atoms with Crippen LogP contribution in [0.4, 0.5) is 0 Å². The SMILES string of the molecule is NCN1C=C([C@@H]2O[C@H](CO)[C@@H](O)[C@H]2O)C=CC1. The molecule has 96 valence electrons. The molecule has 0 aliphatic carbocycles. The van der Waals surface area contributed by atoms with Gasteiger partial charge in [-0.2, -0.15) is 0 Å². The molecule has 0 spiro atoms. The van der Waals surface area contributed by atoms with Gasteiger partial charge in [0.15, 0.2) is 0 Å². The van der Waals surface area contributed by atoms with Crippen LogP contribution >= 0.6 is 0 Å². The van der Waals surface area contributed by atoms with Crippen LogP contribution in [0.5, 0.6) is 0 Å². The molecule has 0 aromatic carbocycles. The van der Waals surface area contributed by atoms with Gasteiger partial charge in [-0.25, -0.2) is 0 Å². The summed E-state index contributed by atoms with van der Waals surface area (Å²) in [7, 11) is 0. The number of ether oxygens (including phenoxy) is 1. The first-order valence-corrected chi connectivity index (χ1v) is 5.62. The highest BCUT2D eigenvalue weighted by Gasteiger charge is 2.43. The summed E-state index contributed by atoms with van der Waals surface area (Å²) in [5.41, 5.74) is 6.29. The van der Waals surface area contributed by atoms with Gasteiger partial charge in [-0.3, -0.25) is 0 Å². The molecule has 1 saturated heterocycles. The normalized spacial score (nSPS) is 37.4. The zero-order valence-corrected chi connectivity index (χ0v) is 9.44. The lowest BCUT2D eigenvalue weighted by Gasteiger charge is -2.25. The number of hydrogen-bond acceptors (Lipinski definition) is 6. The molecule has 0 saturated carbocycles. The minimum Gasteiger partial charge on any atom is -0.394 e. The summed E-state index contributed by atoms with van der Waals surface area (Å²) in [5.74, 6) is 0. The van der Waals surface area contributed by atoms with Crippen molar-refractivity contribution in [3.63, 3.8) is 0 Å². The fourth-order valence-electron chi connectivity index (χ4n) is 2.10. The average molecular weight is 242 g/mol. The molecule has 0 unspecified atom stereocenters. The molecule has 2 aliphatic heterocycles. The maximum Gasteiger partial charge on any atom is 0.113 e. The third-order valence-electron chi connectivity index (χ3n) is 3.09. The van der Waals surface area contributed by atoms with Gasteiger partial charge < -0.3 is 30.7 Å². The predicted octanol–water partition coefficient (Wildman–Crippen LogP) is -1.86. The van der Waals surface area contributed by atoms with Gasteiger partial charge in [0.25, 0.3) is 0 Å². The molecule has 0 radical (unpaired) electrons. The number of nitrogens with two attached hydrogens (primary N) is 1. The van der Waals surface area contributed by atoms with E-state index in [4.69, 9.17) is 15.6 Å². The Morgan fingerprint density at radius 2 is 2.18 bits per heavy atom. The molecular formula is C11H18N2O4. The number of aliphatic hydroxyl groups excluding tert-OH is 3. The number of rotatable bonds is 3. The monoisotopic (exact) mass is 242 g/mol. The molecule has 0 bridgehead atoms. The van der Waals surface area contributed by atoms with E-state index < -0.39 is 24.4 Å². The van der Waals surface area contributed by atoms with Crippen LogP contribution in [0, 0.1) is 0 Å². The van der Waals surface area contributed by atoms with Crippen molar-refractivity contribution in [3.8, 4) is 0 Å². The molecule has 5 N–H and O–H groups in total. The van der Waals surface area contributed by atoms with Gasteiger partial charge in [0.05, 0.1) is 13.3 Å². The Morgan fingerprint density at radius 1 is 1.41 bits per heavy atom. The van der Waals surface area contributed by atoms with Crippen LogP contribution in [-0.4, -0.2) is 64.5 Å². The molecule has 6 heteroatoms. The molecule has 2 aliphatic rings. The molecule has 0 amide bonds. The van der Waals surface area contributed by atoms with Crippen molar-refractivity contribution < 1.29 is 20.1 Å². The quantitative estimate of drug-likeness (QED) is 0.463. The van der Waals surface area contributed by atoms with Gasteiger partial charge in [-0.1, -0.05) is 12.2 Å². The zero-order chi connectivity index (χ0) is 12.4. The minimum absolute atomic E-state index is 0.313. The average Bonchev–Trinajstić information content (AvgIpc) is 2.66. The molecule has 17 heavy (non-hydrogen) atoms. The Balaban J connectivity index is 2.13. The van der Waals surface area contributed by atoms with Gasteiger partial charge in [-0.15, -0.1) is 0 Å². The van der Waals surface area contributed by atoms with Crippen LogP contribution in [-0.2, 0) is 4.74 Å². The first-order chi connectivity index (χ1) is 8.17. The topological polar surface area (TPSA) is 99.2 Å². The standard InChI is InChI=1S/C11H18N2O4/c12-6-13-3-1-2-7(4-13)11-10(16)9(15)8(5-14)17-11/h1-2,4,8-11,14-16H,3,5-6,12H2/t8-,9-,10-,11+/m1/s1. The van der Waals surface area contributed by atoms with Crippen molar-refractivity contribution in [3.05, 3.63) is 23.9 Å². The van der Waals surface area contributed by atoms with E-state index in [0.717, 1.165) is 12.1 Å².